The van der Waals surface area contributed by atoms with Gasteiger partial charge in [-0.25, -0.2) is 4.79 Å². The molecule has 0 saturated heterocycles. The quantitative estimate of drug-likeness (QED) is 0.858. The highest BCUT2D eigenvalue weighted by molar-refractivity contribution is 9.10. The summed E-state index contributed by atoms with van der Waals surface area (Å²) in [6.07, 6.45) is 9.73. The van der Waals surface area contributed by atoms with Crippen LogP contribution in [0.3, 0.4) is 0 Å². The highest BCUT2D eigenvalue weighted by Gasteiger charge is 2.32. The standard InChI is InChI=1S/C15H11BrO2/c16-10-6-5-9-7-14(15(17)18)12-4-2-1-3-11(12)13(9)8-10/h1-8,11-12H,(H,17,18). The summed E-state index contributed by atoms with van der Waals surface area (Å²) in [5.41, 5.74) is 2.65. The monoisotopic (exact) mass is 302 g/mol. The molecule has 2 atom stereocenters. The number of hydrogen-bond acceptors (Lipinski definition) is 1. The molecule has 1 aromatic carbocycles. The molecule has 0 fully saturated rings. The summed E-state index contributed by atoms with van der Waals surface area (Å²) >= 11 is 3.47. The molecule has 0 heterocycles. The number of benzene rings is 1. The van der Waals surface area contributed by atoms with Gasteiger partial charge in [-0.05, 0) is 29.3 Å². The van der Waals surface area contributed by atoms with Crippen LogP contribution < -0.4 is 0 Å². The van der Waals surface area contributed by atoms with Gasteiger partial charge in [0.05, 0.1) is 0 Å². The van der Waals surface area contributed by atoms with Crippen molar-refractivity contribution in [3.05, 3.63) is 63.7 Å². The average Bonchev–Trinajstić information content (AvgIpc) is 2.37. The summed E-state index contributed by atoms with van der Waals surface area (Å²) < 4.78 is 1.02. The van der Waals surface area contributed by atoms with Crippen LogP contribution in [0.5, 0.6) is 0 Å². The van der Waals surface area contributed by atoms with E-state index in [-0.39, 0.29) is 11.8 Å². The lowest BCUT2D eigenvalue weighted by molar-refractivity contribution is -0.133. The first kappa shape index (κ1) is 11.5. The number of rotatable bonds is 1. The van der Waals surface area contributed by atoms with Crippen molar-refractivity contribution < 1.29 is 9.90 Å². The van der Waals surface area contributed by atoms with Gasteiger partial charge in [-0.3, -0.25) is 0 Å². The van der Waals surface area contributed by atoms with Crippen molar-refractivity contribution in [1.29, 1.82) is 0 Å². The van der Waals surface area contributed by atoms with E-state index in [9.17, 15) is 9.90 Å². The molecular weight excluding hydrogens is 292 g/mol. The minimum absolute atomic E-state index is 0.0608. The molecule has 0 aliphatic heterocycles. The average molecular weight is 303 g/mol. The van der Waals surface area contributed by atoms with Gasteiger partial charge in [0, 0.05) is 21.9 Å². The Morgan fingerprint density at radius 1 is 1.17 bits per heavy atom. The first-order valence-corrected chi connectivity index (χ1v) is 6.55. The number of carbonyl (C=O) groups is 1. The molecule has 0 saturated carbocycles. The topological polar surface area (TPSA) is 37.3 Å². The van der Waals surface area contributed by atoms with Crippen molar-refractivity contribution in [2.75, 3.05) is 0 Å². The summed E-state index contributed by atoms with van der Waals surface area (Å²) in [6, 6.07) is 5.98. The fraction of sp³-hybridized carbons (Fsp3) is 0.133. The van der Waals surface area contributed by atoms with Gasteiger partial charge in [-0.2, -0.15) is 0 Å². The molecule has 1 aromatic rings. The van der Waals surface area contributed by atoms with Crippen molar-refractivity contribution >= 4 is 28.0 Å². The van der Waals surface area contributed by atoms with E-state index in [0.717, 1.165) is 10.0 Å². The van der Waals surface area contributed by atoms with Crippen LogP contribution in [0.25, 0.3) is 6.08 Å². The highest BCUT2D eigenvalue weighted by Crippen LogP contribution is 2.42. The van der Waals surface area contributed by atoms with Crippen LogP contribution in [-0.2, 0) is 4.79 Å². The Hall–Kier alpha value is -1.61. The molecule has 2 unspecified atom stereocenters. The zero-order valence-corrected chi connectivity index (χ0v) is 11.1. The Morgan fingerprint density at radius 2 is 1.89 bits per heavy atom. The van der Waals surface area contributed by atoms with Gasteiger partial charge in [-0.15, -0.1) is 0 Å². The van der Waals surface area contributed by atoms with Crippen LogP contribution in [0.1, 0.15) is 17.0 Å². The number of hydrogen-bond donors (Lipinski definition) is 1. The maximum Gasteiger partial charge on any atom is 0.332 e. The maximum absolute atomic E-state index is 11.4. The summed E-state index contributed by atoms with van der Waals surface area (Å²) in [5.74, 6) is -0.772. The van der Waals surface area contributed by atoms with Crippen LogP contribution in [0.2, 0.25) is 0 Å². The fourth-order valence-corrected chi connectivity index (χ4v) is 3.01. The third-order valence-corrected chi connectivity index (χ3v) is 3.95. The van der Waals surface area contributed by atoms with Crippen LogP contribution in [0.15, 0.2) is 52.5 Å². The van der Waals surface area contributed by atoms with E-state index in [4.69, 9.17) is 0 Å². The molecule has 0 aromatic heterocycles. The molecule has 2 aliphatic carbocycles. The Kier molecular flexibility index (Phi) is 2.71. The van der Waals surface area contributed by atoms with Crippen LogP contribution in [-0.4, -0.2) is 11.1 Å². The first-order valence-electron chi connectivity index (χ1n) is 5.76. The number of carboxylic acids is 1. The second-order valence-electron chi connectivity index (χ2n) is 4.50. The minimum atomic E-state index is -0.835. The molecule has 2 nitrogen and oxygen atoms in total. The SMILES string of the molecule is O=C(O)C1=Cc2ccc(Br)cc2C2C=CC=CC12. The van der Waals surface area contributed by atoms with E-state index >= 15 is 0 Å². The summed E-state index contributed by atoms with van der Waals surface area (Å²) in [5, 5.41) is 9.32. The number of halogens is 1. The van der Waals surface area contributed by atoms with Crippen LogP contribution in [0.4, 0.5) is 0 Å². The van der Waals surface area contributed by atoms with E-state index in [2.05, 4.69) is 28.1 Å². The molecular formula is C15H11BrO2. The molecule has 0 spiro atoms. The molecule has 0 amide bonds. The van der Waals surface area contributed by atoms with Crippen molar-refractivity contribution in [1.82, 2.24) is 0 Å². The smallest absolute Gasteiger partial charge is 0.332 e. The largest absolute Gasteiger partial charge is 0.478 e. The third kappa shape index (κ3) is 1.75. The minimum Gasteiger partial charge on any atom is -0.478 e. The van der Waals surface area contributed by atoms with E-state index in [1.54, 1.807) is 6.08 Å². The van der Waals surface area contributed by atoms with Crippen molar-refractivity contribution in [3.8, 4) is 0 Å². The molecule has 18 heavy (non-hydrogen) atoms. The van der Waals surface area contributed by atoms with E-state index < -0.39 is 5.97 Å². The first-order chi connectivity index (χ1) is 8.66. The lowest BCUT2D eigenvalue weighted by atomic mass is 9.73. The molecule has 0 radical (unpaired) electrons. The molecule has 90 valence electrons. The summed E-state index contributed by atoms with van der Waals surface area (Å²) in [4.78, 5) is 11.4. The lowest BCUT2D eigenvalue weighted by Crippen LogP contribution is -2.22. The van der Waals surface area contributed by atoms with Gasteiger partial charge < -0.3 is 5.11 Å². The predicted molar refractivity (Wildman–Crippen MR) is 74.3 cm³/mol. The molecule has 3 heteroatoms. The number of carboxylic acid groups (broad SMARTS) is 1. The van der Waals surface area contributed by atoms with Crippen molar-refractivity contribution in [2.24, 2.45) is 5.92 Å². The molecule has 0 bridgehead atoms. The van der Waals surface area contributed by atoms with Gasteiger partial charge in [0.15, 0.2) is 0 Å². The molecule has 1 N–H and O–H groups in total. The second kappa shape index (κ2) is 4.25. The molecule has 2 aliphatic rings. The predicted octanol–water partition coefficient (Wildman–Crippen LogP) is 3.76. The third-order valence-electron chi connectivity index (χ3n) is 3.46. The Balaban J connectivity index is 2.21. The summed E-state index contributed by atoms with van der Waals surface area (Å²) in [6.45, 7) is 0. The van der Waals surface area contributed by atoms with Gasteiger partial charge in [0.2, 0.25) is 0 Å². The molecule has 3 rings (SSSR count). The van der Waals surface area contributed by atoms with Crippen molar-refractivity contribution in [3.63, 3.8) is 0 Å². The maximum atomic E-state index is 11.4. The van der Waals surface area contributed by atoms with Gasteiger partial charge in [0.25, 0.3) is 0 Å². The van der Waals surface area contributed by atoms with Gasteiger partial charge >= 0.3 is 5.97 Å². The summed E-state index contributed by atoms with van der Waals surface area (Å²) in [7, 11) is 0. The normalized spacial score (nSPS) is 24.2. The zero-order valence-electron chi connectivity index (χ0n) is 9.51. The number of aliphatic carboxylic acids is 1. The fourth-order valence-electron chi connectivity index (χ4n) is 2.64. The van der Waals surface area contributed by atoms with E-state index in [1.807, 2.05) is 30.4 Å². The van der Waals surface area contributed by atoms with Crippen molar-refractivity contribution in [2.45, 2.75) is 5.92 Å². The Bertz CT molecular complexity index is 611. The Labute approximate surface area is 113 Å². The Morgan fingerprint density at radius 3 is 2.61 bits per heavy atom. The van der Waals surface area contributed by atoms with Crippen LogP contribution in [0, 0.1) is 5.92 Å². The second-order valence-corrected chi connectivity index (χ2v) is 5.42. The lowest BCUT2D eigenvalue weighted by Gasteiger charge is -2.30. The zero-order chi connectivity index (χ0) is 12.7. The van der Waals surface area contributed by atoms with Gasteiger partial charge in [0.1, 0.15) is 0 Å². The number of allylic oxidation sites excluding steroid dienone is 4. The van der Waals surface area contributed by atoms with Gasteiger partial charge in [-0.1, -0.05) is 46.3 Å². The highest BCUT2D eigenvalue weighted by atomic mass is 79.9. The number of fused-ring (bicyclic) bond motifs is 3. The van der Waals surface area contributed by atoms with E-state index in [1.165, 1.54) is 5.56 Å². The van der Waals surface area contributed by atoms with Crippen LogP contribution >= 0.6 is 15.9 Å². The van der Waals surface area contributed by atoms with E-state index in [0.29, 0.717) is 5.57 Å².